The Morgan fingerprint density at radius 3 is 2.34 bits per heavy atom. The van der Waals surface area contributed by atoms with Gasteiger partial charge in [-0.05, 0) is 47.9 Å². The zero-order chi connectivity index (χ0) is 22.7. The lowest BCUT2D eigenvalue weighted by Crippen LogP contribution is -2.42. The van der Waals surface area contributed by atoms with Crippen molar-refractivity contribution in [2.75, 3.05) is 5.32 Å². The number of aromatic nitrogens is 2. The van der Waals surface area contributed by atoms with Crippen molar-refractivity contribution >= 4 is 22.5 Å². The summed E-state index contributed by atoms with van der Waals surface area (Å²) < 4.78 is 15.6. The number of carbonyl (C=O) groups excluding carboxylic acids is 1. The van der Waals surface area contributed by atoms with Crippen molar-refractivity contribution in [3.63, 3.8) is 0 Å². The van der Waals surface area contributed by atoms with E-state index < -0.39 is 17.1 Å². The highest BCUT2D eigenvalue weighted by molar-refractivity contribution is 5.92. The first-order chi connectivity index (χ1) is 15.5. The molecule has 1 aromatic heterocycles. The van der Waals surface area contributed by atoms with E-state index in [2.05, 4.69) is 5.32 Å². The van der Waals surface area contributed by atoms with Crippen LogP contribution >= 0.6 is 0 Å². The van der Waals surface area contributed by atoms with Gasteiger partial charge in [-0.2, -0.15) is 0 Å². The van der Waals surface area contributed by atoms with Crippen LogP contribution in [0.2, 0.25) is 0 Å². The molecule has 0 aliphatic heterocycles. The number of anilines is 1. The summed E-state index contributed by atoms with van der Waals surface area (Å²) in [5.74, 6) is -0.772. The molecule has 0 atom stereocenters. The first-order valence-corrected chi connectivity index (χ1v) is 10.3. The maximum Gasteiger partial charge on any atom is 0.332 e. The zero-order valence-electron chi connectivity index (χ0n) is 17.5. The fourth-order valence-electron chi connectivity index (χ4n) is 3.72. The molecule has 0 unspecified atom stereocenters. The molecule has 0 radical (unpaired) electrons. The number of aryl methyl sites for hydroxylation is 1. The first-order valence-electron chi connectivity index (χ1n) is 10.3. The molecule has 6 nitrogen and oxygen atoms in total. The molecule has 0 saturated heterocycles. The Labute approximate surface area is 183 Å². The predicted molar refractivity (Wildman–Crippen MR) is 122 cm³/mol. The second-order valence-corrected chi connectivity index (χ2v) is 7.46. The standard InChI is InChI=1S/C25H22FN3O3/c1-2-18-7-3-5-9-21(18)27-23(30)16-28-22-10-6-4-8-20(22)24(31)29(25(28)32)15-17-11-13-19(26)14-12-17/h3-14H,2,15-16H2,1H3,(H,27,30). The quantitative estimate of drug-likeness (QED) is 0.507. The molecule has 0 spiro atoms. The van der Waals surface area contributed by atoms with Crippen molar-refractivity contribution in [2.45, 2.75) is 26.4 Å². The van der Waals surface area contributed by atoms with E-state index in [1.165, 1.54) is 28.8 Å². The van der Waals surface area contributed by atoms with Crippen molar-refractivity contribution in [2.24, 2.45) is 0 Å². The van der Waals surface area contributed by atoms with Crippen molar-refractivity contribution in [3.05, 3.63) is 111 Å². The summed E-state index contributed by atoms with van der Waals surface area (Å²) in [6.45, 7) is 1.72. The number of carbonyl (C=O) groups is 1. The summed E-state index contributed by atoms with van der Waals surface area (Å²) in [4.78, 5) is 39.1. The second kappa shape index (κ2) is 9.01. The Kier molecular flexibility index (Phi) is 5.98. The number of rotatable bonds is 6. The van der Waals surface area contributed by atoms with Crippen molar-refractivity contribution in [1.29, 1.82) is 0 Å². The third-order valence-corrected chi connectivity index (χ3v) is 5.36. The number of amides is 1. The van der Waals surface area contributed by atoms with Gasteiger partial charge in [-0.15, -0.1) is 0 Å². The van der Waals surface area contributed by atoms with Gasteiger partial charge in [-0.25, -0.2) is 9.18 Å². The van der Waals surface area contributed by atoms with Crippen LogP contribution < -0.4 is 16.6 Å². The molecular weight excluding hydrogens is 409 g/mol. The van der Waals surface area contributed by atoms with Crippen LogP contribution in [0.1, 0.15) is 18.1 Å². The summed E-state index contributed by atoms with van der Waals surface area (Å²) in [5, 5.41) is 3.19. The van der Waals surface area contributed by atoms with E-state index >= 15 is 0 Å². The number of hydrogen-bond donors (Lipinski definition) is 1. The lowest BCUT2D eigenvalue weighted by Gasteiger charge is -2.15. The van der Waals surface area contributed by atoms with Crippen molar-refractivity contribution < 1.29 is 9.18 Å². The minimum absolute atomic E-state index is 0.0247. The van der Waals surface area contributed by atoms with Gasteiger partial charge in [-0.1, -0.05) is 49.4 Å². The lowest BCUT2D eigenvalue weighted by molar-refractivity contribution is -0.116. The highest BCUT2D eigenvalue weighted by Crippen LogP contribution is 2.16. The summed E-state index contributed by atoms with van der Waals surface area (Å²) >= 11 is 0. The summed E-state index contributed by atoms with van der Waals surface area (Å²) in [5.41, 5.74) is 1.61. The first kappa shape index (κ1) is 21.2. The molecule has 3 aromatic carbocycles. The van der Waals surface area contributed by atoms with Gasteiger partial charge in [0.2, 0.25) is 5.91 Å². The van der Waals surface area contributed by atoms with Gasteiger partial charge in [0.15, 0.2) is 0 Å². The molecule has 7 heteroatoms. The van der Waals surface area contributed by atoms with Crippen LogP contribution in [0.4, 0.5) is 10.1 Å². The molecule has 1 N–H and O–H groups in total. The number of hydrogen-bond acceptors (Lipinski definition) is 3. The monoisotopic (exact) mass is 431 g/mol. The van der Waals surface area contributed by atoms with Crippen LogP contribution in [-0.4, -0.2) is 15.0 Å². The Balaban J connectivity index is 1.75. The summed E-state index contributed by atoms with van der Waals surface area (Å²) in [7, 11) is 0. The number of para-hydroxylation sites is 2. The minimum Gasteiger partial charge on any atom is -0.324 e. The third-order valence-electron chi connectivity index (χ3n) is 5.36. The van der Waals surface area contributed by atoms with E-state index in [9.17, 15) is 18.8 Å². The average Bonchev–Trinajstić information content (AvgIpc) is 2.81. The number of halogens is 1. The van der Waals surface area contributed by atoms with Gasteiger partial charge in [0, 0.05) is 5.69 Å². The van der Waals surface area contributed by atoms with E-state index in [-0.39, 0.29) is 19.0 Å². The average molecular weight is 431 g/mol. The molecule has 4 aromatic rings. The maximum absolute atomic E-state index is 13.3. The molecule has 0 saturated carbocycles. The Morgan fingerprint density at radius 1 is 0.906 bits per heavy atom. The molecular formula is C25H22FN3O3. The van der Waals surface area contributed by atoms with Crippen LogP contribution in [-0.2, 0) is 24.3 Å². The summed E-state index contributed by atoms with van der Waals surface area (Å²) in [6, 6.07) is 19.8. The largest absolute Gasteiger partial charge is 0.332 e. The van der Waals surface area contributed by atoms with E-state index in [1.54, 1.807) is 24.3 Å². The van der Waals surface area contributed by atoms with Gasteiger partial charge in [0.25, 0.3) is 5.56 Å². The minimum atomic E-state index is -0.600. The molecule has 162 valence electrons. The normalized spacial score (nSPS) is 10.9. The molecule has 0 bridgehead atoms. The van der Waals surface area contributed by atoms with Crippen LogP contribution in [0.25, 0.3) is 10.9 Å². The van der Waals surface area contributed by atoms with E-state index in [0.29, 0.717) is 22.2 Å². The van der Waals surface area contributed by atoms with Crippen LogP contribution in [0.15, 0.2) is 82.4 Å². The SMILES string of the molecule is CCc1ccccc1NC(=O)Cn1c(=O)n(Cc2ccc(F)cc2)c(=O)c2ccccc21. The van der Waals surface area contributed by atoms with Crippen molar-refractivity contribution in [3.8, 4) is 0 Å². The molecule has 32 heavy (non-hydrogen) atoms. The molecule has 0 aliphatic carbocycles. The van der Waals surface area contributed by atoms with Crippen molar-refractivity contribution in [1.82, 2.24) is 9.13 Å². The Bertz CT molecular complexity index is 1400. The van der Waals surface area contributed by atoms with Crippen LogP contribution in [0.5, 0.6) is 0 Å². The molecule has 1 amide bonds. The van der Waals surface area contributed by atoms with Gasteiger partial charge < -0.3 is 5.32 Å². The molecule has 0 aliphatic rings. The third kappa shape index (κ3) is 4.23. The van der Waals surface area contributed by atoms with Crippen LogP contribution in [0.3, 0.4) is 0 Å². The van der Waals surface area contributed by atoms with Gasteiger partial charge in [-0.3, -0.25) is 18.7 Å². The molecule has 1 heterocycles. The highest BCUT2D eigenvalue weighted by atomic mass is 19.1. The van der Waals surface area contributed by atoms with E-state index in [1.807, 2.05) is 31.2 Å². The lowest BCUT2D eigenvalue weighted by atomic mass is 10.1. The maximum atomic E-state index is 13.3. The number of nitrogens with one attached hydrogen (secondary N) is 1. The number of fused-ring (bicyclic) bond motifs is 1. The number of nitrogens with zero attached hydrogens (tertiary/aromatic N) is 2. The highest BCUT2D eigenvalue weighted by Gasteiger charge is 2.16. The van der Waals surface area contributed by atoms with Gasteiger partial charge in [0.05, 0.1) is 17.4 Å². The van der Waals surface area contributed by atoms with E-state index in [4.69, 9.17) is 0 Å². The Hall–Kier alpha value is -4.00. The second-order valence-electron chi connectivity index (χ2n) is 7.46. The zero-order valence-corrected chi connectivity index (χ0v) is 17.5. The van der Waals surface area contributed by atoms with Gasteiger partial charge >= 0.3 is 5.69 Å². The fraction of sp³-hybridized carbons (Fsp3) is 0.160. The van der Waals surface area contributed by atoms with E-state index in [0.717, 1.165) is 16.6 Å². The molecule has 4 rings (SSSR count). The summed E-state index contributed by atoms with van der Waals surface area (Å²) in [6.07, 6.45) is 0.752. The van der Waals surface area contributed by atoms with Gasteiger partial charge in [0.1, 0.15) is 12.4 Å². The van der Waals surface area contributed by atoms with Crippen LogP contribution in [0, 0.1) is 5.82 Å². The Morgan fingerprint density at radius 2 is 1.59 bits per heavy atom. The predicted octanol–water partition coefficient (Wildman–Crippen LogP) is 3.55. The number of benzene rings is 3. The fourth-order valence-corrected chi connectivity index (χ4v) is 3.72. The smallest absolute Gasteiger partial charge is 0.324 e. The molecule has 0 fully saturated rings. The topological polar surface area (TPSA) is 73.1 Å².